The predicted octanol–water partition coefficient (Wildman–Crippen LogP) is 1.01. The number of hydrogen-bond donors (Lipinski definition) is 0. The van der Waals surface area contributed by atoms with Gasteiger partial charge in [0.2, 0.25) is 0 Å². The van der Waals surface area contributed by atoms with Crippen LogP contribution in [-0.2, 0) is 28.5 Å². The van der Waals surface area contributed by atoms with Crippen LogP contribution < -0.4 is 0 Å². The molecule has 0 aromatic rings. The van der Waals surface area contributed by atoms with Gasteiger partial charge in [0, 0.05) is 11.1 Å². The van der Waals surface area contributed by atoms with Crippen LogP contribution in [0.1, 0.15) is 13.8 Å². The highest BCUT2D eigenvalue weighted by molar-refractivity contribution is 5.87. The SMILES string of the molecule is C=C(C)C(=O)OCC1CO1.C=C(C)C(=O)OCC1CO1. The fourth-order valence-electron chi connectivity index (χ4n) is 0.912. The van der Waals surface area contributed by atoms with Gasteiger partial charge >= 0.3 is 11.9 Å². The van der Waals surface area contributed by atoms with Gasteiger partial charge in [0.25, 0.3) is 0 Å². The van der Waals surface area contributed by atoms with E-state index in [2.05, 4.69) is 13.2 Å². The molecule has 2 saturated heterocycles. The van der Waals surface area contributed by atoms with Gasteiger partial charge in [0.05, 0.1) is 13.2 Å². The average molecular weight is 284 g/mol. The second-order valence-corrected chi connectivity index (χ2v) is 4.67. The van der Waals surface area contributed by atoms with Crippen molar-refractivity contribution in [2.24, 2.45) is 0 Å². The second kappa shape index (κ2) is 7.81. The van der Waals surface area contributed by atoms with E-state index in [9.17, 15) is 9.59 Å². The Balaban J connectivity index is 0.000000200. The van der Waals surface area contributed by atoms with E-state index in [-0.39, 0.29) is 24.1 Å². The molecule has 20 heavy (non-hydrogen) atoms. The lowest BCUT2D eigenvalue weighted by atomic mass is 10.4. The van der Waals surface area contributed by atoms with Crippen molar-refractivity contribution < 1.29 is 28.5 Å². The quantitative estimate of drug-likeness (QED) is 0.411. The van der Waals surface area contributed by atoms with E-state index in [0.29, 0.717) is 37.6 Å². The zero-order valence-electron chi connectivity index (χ0n) is 11.8. The van der Waals surface area contributed by atoms with E-state index in [4.69, 9.17) is 18.9 Å². The minimum absolute atomic E-state index is 0.142. The molecular weight excluding hydrogens is 264 g/mol. The van der Waals surface area contributed by atoms with E-state index in [1.54, 1.807) is 13.8 Å². The zero-order chi connectivity index (χ0) is 15.1. The van der Waals surface area contributed by atoms with Crippen LogP contribution in [-0.4, -0.2) is 50.6 Å². The number of epoxide rings is 2. The van der Waals surface area contributed by atoms with Crippen molar-refractivity contribution in [1.82, 2.24) is 0 Å². The lowest BCUT2D eigenvalue weighted by Crippen LogP contribution is -2.09. The molecule has 2 aliphatic rings. The Morgan fingerprint density at radius 1 is 0.950 bits per heavy atom. The van der Waals surface area contributed by atoms with E-state index < -0.39 is 0 Å². The van der Waals surface area contributed by atoms with Crippen LogP contribution in [0.4, 0.5) is 0 Å². The van der Waals surface area contributed by atoms with Gasteiger partial charge < -0.3 is 18.9 Å². The molecule has 2 unspecified atom stereocenters. The van der Waals surface area contributed by atoms with Crippen molar-refractivity contribution >= 4 is 11.9 Å². The van der Waals surface area contributed by atoms with Gasteiger partial charge in [-0.2, -0.15) is 0 Å². The van der Waals surface area contributed by atoms with Crippen molar-refractivity contribution in [1.29, 1.82) is 0 Å². The summed E-state index contributed by atoms with van der Waals surface area (Å²) >= 11 is 0. The number of rotatable bonds is 6. The van der Waals surface area contributed by atoms with Crippen molar-refractivity contribution in [3.8, 4) is 0 Å². The van der Waals surface area contributed by atoms with Gasteiger partial charge in [-0.05, 0) is 13.8 Å². The number of ether oxygens (including phenoxy) is 4. The topological polar surface area (TPSA) is 77.7 Å². The first-order valence-electron chi connectivity index (χ1n) is 6.28. The second-order valence-electron chi connectivity index (χ2n) is 4.67. The first-order chi connectivity index (χ1) is 9.40. The Kier molecular flexibility index (Phi) is 6.41. The van der Waals surface area contributed by atoms with Crippen molar-refractivity contribution in [3.05, 3.63) is 24.3 Å². The highest BCUT2D eigenvalue weighted by Crippen LogP contribution is 2.09. The third-order valence-corrected chi connectivity index (χ3v) is 2.30. The van der Waals surface area contributed by atoms with Crippen molar-refractivity contribution in [2.45, 2.75) is 26.1 Å². The highest BCUT2D eigenvalue weighted by atomic mass is 16.6. The van der Waals surface area contributed by atoms with Gasteiger partial charge in [0.15, 0.2) is 0 Å². The summed E-state index contributed by atoms with van der Waals surface area (Å²) in [6, 6.07) is 0. The third kappa shape index (κ3) is 7.70. The number of hydrogen-bond acceptors (Lipinski definition) is 6. The number of carbonyl (C=O) groups excluding carboxylic acids is 2. The minimum atomic E-state index is -0.337. The van der Waals surface area contributed by atoms with Gasteiger partial charge in [-0.25, -0.2) is 9.59 Å². The monoisotopic (exact) mass is 284 g/mol. The van der Waals surface area contributed by atoms with Crippen molar-refractivity contribution in [2.75, 3.05) is 26.4 Å². The predicted molar refractivity (Wildman–Crippen MR) is 71.0 cm³/mol. The van der Waals surface area contributed by atoms with Crippen LogP contribution in [0.2, 0.25) is 0 Å². The molecule has 0 bridgehead atoms. The lowest BCUT2D eigenvalue weighted by molar-refractivity contribution is -0.140. The Labute approximate surface area is 118 Å². The minimum Gasteiger partial charge on any atom is -0.459 e. The molecule has 2 atom stereocenters. The molecule has 6 nitrogen and oxygen atoms in total. The summed E-state index contributed by atoms with van der Waals surface area (Å²) in [5.74, 6) is -0.675. The van der Waals surface area contributed by atoms with Gasteiger partial charge in [-0.15, -0.1) is 0 Å². The normalized spacial score (nSPS) is 21.9. The summed E-state index contributed by atoms with van der Waals surface area (Å²) in [6.07, 6.45) is 0.284. The summed E-state index contributed by atoms with van der Waals surface area (Å²) in [7, 11) is 0. The third-order valence-electron chi connectivity index (χ3n) is 2.30. The molecule has 2 aliphatic heterocycles. The summed E-state index contributed by atoms with van der Waals surface area (Å²) in [4.78, 5) is 21.4. The summed E-state index contributed by atoms with van der Waals surface area (Å²) < 4.78 is 19.2. The first kappa shape index (κ1) is 16.4. The van der Waals surface area contributed by atoms with E-state index >= 15 is 0 Å². The number of carbonyl (C=O) groups is 2. The Hall–Kier alpha value is -1.66. The van der Waals surface area contributed by atoms with E-state index in [1.807, 2.05) is 0 Å². The lowest BCUT2D eigenvalue weighted by Gasteiger charge is -1.99. The van der Waals surface area contributed by atoms with Gasteiger partial charge in [-0.1, -0.05) is 13.2 Å². The first-order valence-corrected chi connectivity index (χ1v) is 6.28. The maximum atomic E-state index is 10.7. The fraction of sp³-hybridized carbons (Fsp3) is 0.571. The maximum Gasteiger partial charge on any atom is 0.333 e. The van der Waals surface area contributed by atoms with Crippen LogP contribution >= 0.6 is 0 Å². The molecule has 112 valence electrons. The molecule has 0 aliphatic carbocycles. The molecular formula is C14H20O6. The molecule has 0 radical (unpaired) electrons. The molecule has 2 heterocycles. The van der Waals surface area contributed by atoms with Crippen LogP contribution in [0.3, 0.4) is 0 Å². The van der Waals surface area contributed by atoms with Crippen LogP contribution in [0.15, 0.2) is 24.3 Å². The van der Waals surface area contributed by atoms with Crippen LogP contribution in [0.25, 0.3) is 0 Å². The van der Waals surface area contributed by atoms with Gasteiger partial charge in [0.1, 0.15) is 25.4 Å². The Morgan fingerprint density at radius 3 is 1.45 bits per heavy atom. The molecule has 6 heteroatoms. The smallest absolute Gasteiger partial charge is 0.333 e. The molecule has 0 spiro atoms. The standard InChI is InChI=1S/2C7H10O3/c2*1-5(2)7(8)10-4-6-3-9-6/h2*6H,1,3-4H2,2H3. The molecule has 0 aromatic carbocycles. The van der Waals surface area contributed by atoms with Crippen molar-refractivity contribution in [3.63, 3.8) is 0 Å². The van der Waals surface area contributed by atoms with Crippen LogP contribution in [0, 0.1) is 0 Å². The zero-order valence-corrected chi connectivity index (χ0v) is 11.8. The Bertz CT molecular complexity index is 354. The molecule has 0 saturated carbocycles. The van der Waals surface area contributed by atoms with Gasteiger partial charge in [-0.3, -0.25) is 0 Å². The average Bonchev–Trinajstić information content (AvgIpc) is 3.27. The van der Waals surface area contributed by atoms with E-state index in [1.165, 1.54) is 0 Å². The fourth-order valence-corrected chi connectivity index (χ4v) is 0.912. The summed E-state index contributed by atoms with van der Waals surface area (Å²) in [6.45, 7) is 12.3. The summed E-state index contributed by atoms with van der Waals surface area (Å²) in [5, 5.41) is 0. The van der Waals surface area contributed by atoms with Crippen LogP contribution in [0.5, 0.6) is 0 Å². The number of esters is 2. The molecule has 0 amide bonds. The molecule has 2 rings (SSSR count). The molecule has 0 N–H and O–H groups in total. The summed E-state index contributed by atoms with van der Waals surface area (Å²) in [5.41, 5.74) is 0.862. The Morgan fingerprint density at radius 2 is 1.25 bits per heavy atom. The maximum absolute atomic E-state index is 10.7. The molecule has 0 aromatic heterocycles. The largest absolute Gasteiger partial charge is 0.459 e. The van der Waals surface area contributed by atoms with E-state index in [0.717, 1.165) is 0 Å². The highest BCUT2D eigenvalue weighted by Gasteiger charge is 2.24. The molecule has 2 fully saturated rings.